The van der Waals surface area contributed by atoms with Crippen LogP contribution in [0.3, 0.4) is 0 Å². The van der Waals surface area contributed by atoms with Crippen LogP contribution < -0.4 is 0 Å². The zero-order valence-corrected chi connectivity index (χ0v) is 15.7. The molecule has 1 aliphatic carbocycles. The van der Waals surface area contributed by atoms with E-state index in [1.807, 2.05) is 0 Å². The molecule has 0 aromatic carbocycles. The van der Waals surface area contributed by atoms with E-state index in [9.17, 15) is 24.9 Å². The molecule has 0 aliphatic heterocycles. The first-order valence-corrected chi connectivity index (χ1v) is 9.81. The third kappa shape index (κ3) is 8.43. The Kier molecular flexibility index (Phi) is 10.7. The Hall–Kier alpha value is -1.24. The molecule has 0 aromatic rings. The second-order valence-electron chi connectivity index (χ2n) is 7.40. The molecule has 0 bridgehead atoms. The van der Waals surface area contributed by atoms with Crippen LogP contribution in [0.25, 0.3) is 0 Å². The van der Waals surface area contributed by atoms with Crippen molar-refractivity contribution in [2.24, 2.45) is 11.8 Å². The van der Waals surface area contributed by atoms with Gasteiger partial charge in [0, 0.05) is 37.5 Å². The molecule has 1 saturated carbocycles. The average Bonchev–Trinajstić information content (AvgIpc) is 2.83. The lowest BCUT2D eigenvalue weighted by Crippen LogP contribution is -2.24. The van der Waals surface area contributed by atoms with Crippen molar-refractivity contribution in [3.63, 3.8) is 0 Å². The largest absolute Gasteiger partial charge is 0.481 e. The quantitative estimate of drug-likeness (QED) is 0.292. The minimum atomic E-state index is -0.866. The van der Waals surface area contributed by atoms with Gasteiger partial charge in [0.05, 0.1) is 18.3 Å². The molecule has 0 heterocycles. The number of aliphatic hydroxyl groups excluding tert-OH is 3. The topological polar surface area (TPSA) is 115 Å². The van der Waals surface area contributed by atoms with E-state index in [0.29, 0.717) is 25.7 Å². The van der Waals surface area contributed by atoms with Crippen molar-refractivity contribution in [3.05, 3.63) is 12.2 Å². The van der Waals surface area contributed by atoms with Gasteiger partial charge in [-0.2, -0.15) is 0 Å². The molecule has 0 radical (unpaired) electrons. The van der Waals surface area contributed by atoms with E-state index in [0.717, 1.165) is 19.3 Å². The molecule has 6 heteroatoms. The summed E-state index contributed by atoms with van der Waals surface area (Å²) in [5.41, 5.74) is 0. The maximum absolute atomic E-state index is 12.1. The fourth-order valence-electron chi connectivity index (χ4n) is 3.58. The number of hydrogen-bond acceptors (Lipinski definition) is 5. The van der Waals surface area contributed by atoms with Crippen molar-refractivity contribution in [3.8, 4) is 0 Å². The highest BCUT2D eigenvalue weighted by Crippen LogP contribution is 2.36. The third-order valence-corrected chi connectivity index (χ3v) is 5.13. The SMILES string of the molecule is CCCCC[C@H](O)C=C[C@@H]1[C@@H](CC(=O)CCCCC(=O)O)[C@@H](O)C[C@H]1O. The highest BCUT2D eigenvalue weighted by Gasteiger charge is 2.41. The van der Waals surface area contributed by atoms with Crippen LogP contribution in [-0.2, 0) is 9.59 Å². The van der Waals surface area contributed by atoms with Gasteiger partial charge >= 0.3 is 5.97 Å². The summed E-state index contributed by atoms with van der Waals surface area (Å²) in [5, 5.41) is 39.0. The molecular weight excluding hydrogens is 336 g/mol. The average molecular weight is 370 g/mol. The summed E-state index contributed by atoms with van der Waals surface area (Å²) in [7, 11) is 0. The second-order valence-corrected chi connectivity index (χ2v) is 7.40. The van der Waals surface area contributed by atoms with Crippen molar-refractivity contribution >= 4 is 11.8 Å². The van der Waals surface area contributed by atoms with Crippen LogP contribution in [-0.4, -0.2) is 50.5 Å². The van der Waals surface area contributed by atoms with E-state index in [-0.39, 0.29) is 36.9 Å². The fourth-order valence-corrected chi connectivity index (χ4v) is 3.58. The molecular formula is C20H34O6. The number of aliphatic hydroxyl groups is 3. The Bertz CT molecular complexity index is 461. The maximum atomic E-state index is 12.1. The molecule has 0 spiro atoms. The number of carbonyl (C=O) groups is 2. The van der Waals surface area contributed by atoms with E-state index in [4.69, 9.17) is 5.11 Å². The van der Waals surface area contributed by atoms with E-state index >= 15 is 0 Å². The number of rotatable bonds is 13. The molecule has 150 valence electrons. The molecule has 26 heavy (non-hydrogen) atoms. The zero-order valence-electron chi connectivity index (χ0n) is 15.7. The Balaban J connectivity index is 2.50. The summed E-state index contributed by atoms with van der Waals surface area (Å²) < 4.78 is 0. The van der Waals surface area contributed by atoms with Crippen molar-refractivity contribution in [1.82, 2.24) is 0 Å². The molecule has 6 nitrogen and oxygen atoms in total. The number of unbranched alkanes of at least 4 members (excludes halogenated alkanes) is 3. The maximum Gasteiger partial charge on any atom is 0.303 e. The van der Waals surface area contributed by atoms with Gasteiger partial charge in [0.1, 0.15) is 5.78 Å². The molecule has 1 rings (SSSR count). The van der Waals surface area contributed by atoms with Crippen LogP contribution in [0, 0.1) is 11.8 Å². The van der Waals surface area contributed by atoms with Crippen molar-refractivity contribution in [2.75, 3.05) is 0 Å². The fraction of sp³-hybridized carbons (Fsp3) is 0.800. The Morgan fingerprint density at radius 3 is 2.42 bits per heavy atom. The number of aliphatic carboxylic acids is 1. The van der Waals surface area contributed by atoms with Gasteiger partial charge in [-0.05, 0) is 19.3 Å². The summed E-state index contributed by atoms with van der Waals surface area (Å²) in [6, 6.07) is 0. The summed E-state index contributed by atoms with van der Waals surface area (Å²) in [6.07, 6.45) is 6.90. The van der Waals surface area contributed by atoms with Gasteiger partial charge < -0.3 is 20.4 Å². The summed E-state index contributed by atoms with van der Waals surface area (Å²) in [6.45, 7) is 2.10. The van der Waals surface area contributed by atoms with Gasteiger partial charge in [0.15, 0.2) is 0 Å². The highest BCUT2D eigenvalue weighted by atomic mass is 16.4. The highest BCUT2D eigenvalue weighted by molar-refractivity contribution is 5.78. The van der Waals surface area contributed by atoms with Gasteiger partial charge in [-0.15, -0.1) is 0 Å². The Morgan fingerprint density at radius 2 is 1.77 bits per heavy atom. The smallest absolute Gasteiger partial charge is 0.303 e. The molecule has 4 N–H and O–H groups in total. The van der Waals surface area contributed by atoms with E-state index in [1.54, 1.807) is 12.2 Å². The number of ketones is 1. The molecule has 1 aliphatic rings. The van der Waals surface area contributed by atoms with E-state index in [2.05, 4.69) is 6.92 Å². The van der Waals surface area contributed by atoms with Gasteiger partial charge in [0.25, 0.3) is 0 Å². The first-order chi connectivity index (χ1) is 12.3. The first-order valence-electron chi connectivity index (χ1n) is 9.81. The lowest BCUT2D eigenvalue weighted by molar-refractivity contribution is -0.137. The predicted octanol–water partition coefficient (Wildman–Crippen LogP) is 2.45. The van der Waals surface area contributed by atoms with Crippen molar-refractivity contribution < 1.29 is 30.0 Å². The van der Waals surface area contributed by atoms with E-state index in [1.165, 1.54) is 0 Å². The van der Waals surface area contributed by atoms with Crippen LogP contribution >= 0.6 is 0 Å². The summed E-state index contributed by atoms with van der Waals surface area (Å²) >= 11 is 0. The lowest BCUT2D eigenvalue weighted by atomic mass is 9.87. The Morgan fingerprint density at radius 1 is 1.08 bits per heavy atom. The van der Waals surface area contributed by atoms with E-state index < -0.39 is 24.3 Å². The van der Waals surface area contributed by atoms with Gasteiger partial charge in [0.2, 0.25) is 0 Å². The summed E-state index contributed by atoms with van der Waals surface area (Å²) in [4.78, 5) is 22.6. The molecule has 0 unspecified atom stereocenters. The van der Waals surface area contributed by atoms with Gasteiger partial charge in [-0.25, -0.2) is 0 Å². The molecule has 0 aromatic heterocycles. The number of carbonyl (C=O) groups excluding carboxylic acids is 1. The van der Waals surface area contributed by atoms with Crippen LogP contribution in [0.5, 0.6) is 0 Å². The van der Waals surface area contributed by atoms with Crippen LogP contribution in [0.15, 0.2) is 12.2 Å². The third-order valence-electron chi connectivity index (χ3n) is 5.13. The molecule has 0 amide bonds. The number of hydrogen-bond donors (Lipinski definition) is 4. The zero-order chi connectivity index (χ0) is 19.5. The minimum Gasteiger partial charge on any atom is -0.481 e. The number of carboxylic acid groups (broad SMARTS) is 1. The number of Topliss-reactive ketones (excluding diaryl/α,β-unsaturated/α-hetero) is 1. The monoisotopic (exact) mass is 370 g/mol. The van der Waals surface area contributed by atoms with Crippen LogP contribution in [0.4, 0.5) is 0 Å². The molecule has 5 atom stereocenters. The van der Waals surface area contributed by atoms with Crippen LogP contribution in [0.1, 0.15) is 71.1 Å². The Labute approximate surface area is 155 Å². The van der Waals surface area contributed by atoms with Crippen molar-refractivity contribution in [1.29, 1.82) is 0 Å². The van der Waals surface area contributed by atoms with Crippen molar-refractivity contribution in [2.45, 2.75) is 89.4 Å². The van der Waals surface area contributed by atoms with Crippen LogP contribution in [0.2, 0.25) is 0 Å². The normalized spacial score (nSPS) is 27.1. The number of carboxylic acids is 1. The first kappa shape index (κ1) is 22.8. The standard InChI is InChI=1S/C20H34O6/c1-2-3-4-7-14(21)10-11-16-17(19(24)13-18(16)23)12-15(22)8-5-6-9-20(25)26/h10-11,14,16-19,21,23-24H,2-9,12-13H2,1H3,(H,25,26)/t14-,16+,17+,18+,19-/m0/s1. The van der Waals surface area contributed by atoms with Gasteiger partial charge in [-0.3, -0.25) is 9.59 Å². The predicted molar refractivity (Wildman–Crippen MR) is 98.6 cm³/mol. The second kappa shape index (κ2) is 12.2. The summed E-state index contributed by atoms with van der Waals surface area (Å²) in [5.74, 6) is -1.57. The molecule has 1 fully saturated rings. The van der Waals surface area contributed by atoms with Gasteiger partial charge in [-0.1, -0.05) is 38.3 Å². The molecule has 0 saturated heterocycles. The minimum absolute atomic E-state index is 0.0181. The lowest BCUT2D eigenvalue weighted by Gasteiger charge is -2.20.